The number of hydrogen-bond donors (Lipinski definition) is 1. The summed E-state index contributed by atoms with van der Waals surface area (Å²) < 4.78 is 0. The Kier molecular flexibility index (Phi) is 4.18. The minimum atomic E-state index is -2.19. The molecule has 0 aromatic heterocycles. The van der Waals surface area contributed by atoms with Gasteiger partial charge >= 0.3 is 5.66 Å². The van der Waals surface area contributed by atoms with Crippen LogP contribution in [0.4, 0.5) is 0 Å². The molecule has 0 aliphatic heterocycles. The molecule has 2 bridgehead atoms. The summed E-state index contributed by atoms with van der Waals surface area (Å²) in [5.41, 5.74) is 4.90. The number of nitrogens with zero attached hydrogens (tertiary/aromatic N) is 2. The molecule has 22 heavy (non-hydrogen) atoms. The quantitative estimate of drug-likeness (QED) is 0.531. The average molecular weight is 301 g/mol. The van der Waals surface area contributed by atoms with Gasteiger partial charge in [0, 0.05) is 6.04 Å². The van der Waals surface area contributed by atoms with Crippen LogP contribution in [0.3, 0.4) is 0 Å². The second kappa shape index (κ2) is 5.90. The summed E-state index contributed by atoms with van der Waals surface area (Å²) in [6, 6.07) is 16.0. The zero-order valence-corrected chi connectivity index (χ0v) is 11.9. The molecule has 2 aliphatic rings. The fraction of sp³-hybridized carbons (Fsp3) is 0.200. The highest BCUT2D eigenvalue weighted by Gasteiger charge is 2.65. The molecule has 0 saturated heterocycles. The van der Waals surface area contributed by atoms with E-state index in [2.05, 4.69) is 0 Å². The molecule has 0 fully saturated rings. The topological polar surface area (TPSA) is 112 Å². The molecule has 0 radical (unpaired) electrons. The second-order valence-electron chi connectivity index (χ2n) is 4.97. The van der Waals surface area contributed by atoms with Gasteiger partial charge in [0.1, 0.15) is 21.0 Å². The van der Waals surface area contributed by atoms with Crippen LogP contribution in [0.25, 0.3) is 0 Å². The van der Waals surface area contributed by atoms with Gasteiger partial charge < -0.3 is 5.73 Å². The van der Waals surface area contributed by atoms with Crippen molar-refractivity contribution in [1.29, 1.82) is 0 Å². The van der Waals surface area contributed by atoms with E-state index in [-0.39, 0.29) is 17.2 Å². The fourth-order valence-electron chi connectivity index (χ4n) is 2.29. The number of hydrogen-bond acceptors (Lipinski definition) is 5. The Hall–Kier alpha value is -2.80. The summed E-state index contributed by atoms with van der Waals surface area (Å²) >= 11 is 0. The molecule has 114 valence electrons. The lowest BCUT2D eigenvalue weighted by atomic mass is 9.81. The molecule has 7 nitrogen and oxygen atoms in total. The normalized spacial score (nSPS) is 14.8. The third-order valence-corrected chi connectivity index (χ3v) is 3.52. The monoisotopic (exact) mass is 301 g/mol. The van der Waals surface area contributed by atoms with Crippen LogP contribution < -0.4 is 5.73 Å². The predicted octanol–water partition coefficient (Wildman–Crippen LogP) is 2.46. The van der Waals surface area contributed by atoms with E-state index < -0.39 is 15.5 Å². The molecule has 2 aromatic rings. The van der Waals surface area contributed by atoms with E-state index in [1.807, 2.05) is 37.3 Å². The van der Waals surface area contributed by atoms with E-state index in [4.69, 9.17) is 5.73 Å². The first kappa shape index (κ1) is 15.6. The molecule has 2 aliphatic carbocycles. The lowest BCUT2D eigenvalue weighted by molar-refractivity contribution is -0.800. The zero-order chi connectivity index (χ0) is 16.3. The van der Waals surface area contributed by atoms with Crippen molar-refractivity contribution < 1.29 is 9.85 Å². The lowest BCUT2D eigenvalue weighted by Gasteiger charge is -2.24. The van der Waals surface area contributed by atoms with Crippen LogP contribution in [0.2, 0.25) is 0 Å². The van der Waals surface area contributed by atoms with E-state index in [9.17, 15) is 20.2 Å². The van der Waals surface area contributed by atoms with Gasteiger partial charge in [-0.1, -0.05) is 36.4 Å². The van der Waals surface area contributed by atoms with Crippen LogP contribution >= 0.6 is 0 Å². The molecule has 4 rings (SSSR count). The van der Waals surface area contributed by atoms with Crippen molar-refractivity contribution >= 4 is 0 Å². The number of nitrogens with two attached hydrogens (primary N) is 1. The molecule has 1 atom stereocenters. The first-order valence-corrected chi connectivity index (χ1v) is 6.61. The molecular formula is C15H15N3O4. The molecular weight excluding hydrogens is 286 g/mol. The number of fused-ring (bicyclic) bond motifs is 2. The van der Waals surface area contributed by atoms with Gasteiger partial charge in [-0.3, -0.25) is 20.2 Å². The van der Waals surface area contributed by atoms with Crippen LogP contribution in [0.15, 0.2) is 54.6 Å². The van der Waals surface area contributed by atoms with Gasteiger partial charge in [0.15, 0.2) is 0 Å². The van der Waals surface area contributed by atoms with E-state index >= 15 is 0 Å². The second-order valence-corrected chi connectivity index (χ2v) is 4.97. The molecule has 7 heteroatoms. The third kappa shape index (κ3) is 2.42. The van der Waals surface area contributed by atoms with Crippen LogP contribution in [0, 0.1) is 20.2 Å². The van der Waals surface area contributed by atoms with Gasteiger partial charge in [-0.15, -0.1) is 0 Å². The molecule has 1 unspecified atom stereocenters. The van der Waals surface area contributed by atoms with Crippen molar-refractivity contribution in [2.45, 2.75) is 18.6 Å². The Labute approximate surface area is 126 Å². The molecule has 0 heterocycles. The third-order valence-electron chi connectivity index (χ3n) is 3.52. The summed E-state index contributed by atoms with van der Waals surface area (Å²) in [5, 5.41) is 21.2. The van der Waals surface area contributed by atoms with Crippen LogP contribution in [-0.2, 0) is 5.66 Å². The first-order valence-electron chi connectivity index (χ1n) is 6.61. The smallest absolute Gasteiger partial charge is 0.324 e. The molecule has 0 saturated carbocycles. The highest BCUT2D eigenvalue weighted by Crippen LogP contribution is 2.42. The van der Waals surface area contributed by atoms with Crippen molar-refractivity contribution in [1.82, 2.24) is 0 Å². The van der Waals surface area contributed by atoms with Gasteiger partial charge in [0.05, 0.1) is 0 Å². The molecule has 2 aromatic carbocycles. The molecule has 2 N–H and O–H groups in total. The number of benzene rings is 2. The van der Waals surface area contributed by atoms with Gasteiger partial charge in [0.25, 0.3) is 0 Å². The Morgan fingerprint density at radius 1 is 0.955 bits per heavy atom. The van der Waals surface area contributed by atoms with E-state index in [0.717, 1.165) is 0 Å². The Balaban J connectivity index is 0.000000172. The van der Waals surface area contributed by atoms with Crippen molar-refractivity contribution in [3.8, 4) is 0 Å². The number of nitro groups is 2. The lowest BCUT2D eigenvalue weighted by Crippen LogP contribution is -2.49. The van der Waals surface area contributed by atoms with Crippen molar-refractivity contribution in [3.05, 3.63) is 91.5 Å². The van der Waals surface area contributed by atoms with Gasteiger partial charge in [-0.25, -0.2) is 0 Å². The largest absolute Gasteiger partial charge is 0.510 e. The first-order chi connectivity index (χ1) is 10.4. The summed E-state index contributed by atoms with van der Waals surface area (Å²) in [7, 11) is 0. The van der Waals surface area contributed by atoms with Crippen molar-refractivity contribution in [3.63, 3.8) is 0 Å². The Morgan fingerprint density at radius 2 is 1.45 bits per heavy atom. The van der Waals surface area contributed by atoms with Crippen LogP contribution in [0.5, 0.6) is 0 Å². The van der Waals surface area contributed by atoms with Crippen LogP contribution in [-0.4, -0.2) is 9.85 Å². The Bertz CT molecular complexity index is 658. The fourth-order valence-corrected chi connectivity index (χ4v) is 2.29. The SMILES string of the molecule is CC(N)c1ccccc1.O=[N+]([O-])C1([N+](=O)[O-])c2cccc1c2. The maximum Gasteiger partial charge on any atom is 0.510 e. The minimum absolute atomic E-state index is 0.139. The highest BCUT2D eigenvalue weighted by molar-refractivity contribution is 5.44. The standard InChI is InChI=1S/C8H11N.C7H4N2O4/c1-7(9)8-5-3-2-4-6-8;10-8(11)7(9(12)13)5-2-1-3-6(7)4-5/h2-7H,9H2,1H3;1-4H. The average Bonchev–Trinajstić information content (AvgIpc) is 2.49. The summed E-state index contributed by atoms with van der Waals surface area (Å²) in [6.45, 7) is 1.98. The number of rotatable bonds is 3. The maximum atomic E-state index is 10.6. The zero-order valence-electron chi connectivity index (χ0n) is 11.9. The highest BCUT2D eigenvalue weighted by atomic mass is 16.7. The van der Waals surface area contributed by atoms with Crippen molar-refractivity contribution in [2.24, 2.45) is 5.73 Å². The van der Waals surface area contributed by atoms with E-state index in [1.54, 1.807) is 6.07 Å². The van der Waals surface area contributed by atoms with Gasteiger partial charge in [0.2, 0.25) is 0 Å². The predicted molar refractivity (Wildman–Crippen MR) is 80.3 cm³/mol. The summed E-state index contributed by atoms with van der Waals surface area (Å²) in [5.74, 6) is 0. The van der Waals surface area contributed by atoms with Crippen molar-refractivity contribution in [2.75, 3.05) is 0 Å². The van der Waals surface area contributed by atoms with Gasteiger partial charge in [-0.2, -0.15) is 0 Å². The Morgan fingerprint density at radius 3 is 1.73 bits per heavy atom. The van der Waals surface area contributed by atoms with E-state index in [1.165, 1.54) is 23.8 Å². The molecule has 0 spiro atoms. The maximum absolute atomic E-state index is 10.6. The van der Waals surface area contributed by atoms with E-state index in [0.29, 0.717) is 0 Å². The van der Waals surface area contributed by atoms with Crippen LogP contribution in [0.1, 0.15) is 29.7 Å². The minimum Gasteiger partial charge on any atom is -0.324 e. The summed E-state index contributed by atoms with van der Waals surface area (Å²) in [6.07, 6.45) is 0. The van der Waals surface area contributed by atoms with Gasteiger partial charge in [-0.05, 0) is 30.7 Å². The summed E-state index contributed by atoms with van der Waals surface area (Å²) in [4.78, 5) is 19.5. The molecule has 0 amide bonds.